The second-order valence-electron chi connectivity index (χ2n) is 3.54. The summed E-state index contributed by atoms with van der Waals surface area (Å²) in [5, 5.41) is 9.55. The molecule has 0 aliphatic rings. The Morgan fingerprint density at radius 1 is 1.38 bits per heavy atom. The fourth-order valence-corrected chi connectivity index (χ4v) is 0.992. The number of aliphatic hydroxyl groups excluding tert-OH is 1. The van der Waals surface area contributed by atoms with Crippen LogP contribution in [-0.2, 0) is 6.54 Å². The summed E-state index contributed by atoms with van der Waals surface area (Å²) >= 11 is 0. The van der Waals surface area contributed by atoms with E-state index in [1.807, 2.05) is 18.4 Å². The van der Waals surface area contributed by atoms with E-state index in [1.165, 1.54) is 12.1 Å². The molecule has 72 valence electrons. The summed E-state index contributed by atoms with van der Waals surface area (Å²) in [6.45, 7) is 4.47. The van der Waals surface area contributed by atoms with Gasteiger partial charge in [0.05, 0.1) is 6.10 Å². The van der Waals surface area contributed by atoms with E-state index in [9.17, 15) is 9.90 Å². The van der Waals surface area contributed by atoms with Gasteiger partial charge in [-0.1, -0.05) is 13.8 Å². The zero-order valence-corrected chi connectivity index (χ0v) is 7.97. The highest BCUT2D eigenvalue weighted by molar-refractivity contribution is 4.93. The molecule has 0 aromatic carbocycles. The van der Waals surface area contributed by atoms with E-state index in [0.717, 1.165) is 0 Å². The van der Waals surface area contributed by atoms with Crippen LogP contribution in [0.5, 0.6) is 0 Å². The summed E-state index contributed by atoms with van der Waals surface area (Å²) in [4.78, 5) is 10.8. The van der Waals surface area contributed by atoms with Gasteiger partial charge >= 0.3 is 0 Å². The number of hydrogen-bond donors (Lipinski definition) is 1. The van der Waals surface area contributed by atoms with E-state index in [2.05, 4.69) is 0 Å². The van der Waals surface area contributed by atoms with Gasteiger partial charge in [-0.05, 0) is 5.92 Å². The first-order valence-electron chi connectivity index (χ1n) is 4.44. The molecule has 0 spiro atoms. The molecule has 0 bridgehead atoms. The molecule has 1 atom stereocenters. The van der Waals surface area contributed by atoms with Crippen LogP contribution in [0.15, 0.2) is 29.3 Å². The average molecular weight is 181 g/mol. The Hall–Kier alpha value is -1.09. The van der Waals surface area contributed by atoms with Gasteiger partial charge in [0.25, 0.3) is 0 Å². The molecule has 1 aromatic rings. The van der Waals surface area contributed by atoms with Crippen molar-refractivity contribution in [3.05, 3.63) is 34.7 Å². The summed E-state index contributed by atoms with van der Waals surface area (Å²) < 4.78 is 1.81. The van der Waals surface area contributed by atoms with E-state index in [4.69, 9.17) is 0 Å². The van der Waals surface area contributed by atoms with E-state index >= 15 is 0 Å². The van der Waals surface area contributed by atoms with Crippen LogP contribution in [0.2, 0.25) is 0 Å². The predicted octanol–water partition coefficient (Wildman–Crippen LogP) is 0.865. The van der Waals surface area contributed by atoms with Gasteiger partial charge in [-0.3, -0.25) is 4.79 Å². The standard InChI is InChI=1S/C10H15NO2/c1-8(2)10(13)7-11-5-3-9(12)4-6-11/h3-6,8,10,13H,7H2,1-2H3. The molecular formula is C10H15NO2. The van der Waals surface area contributed by atoms with Crippen LogP contribution in [0.1, 0.15) is 13.8 Å². The van der Waals surface area contributed by atoms with E-state index in [0.29, 0.717) is 6.54 Å². The molecule has 13 heavy (non-hydrogen) atoms. The van der Waals surface area contributed by atoms with Crippen molar-refractivity contribution < 1.29 is 5.11 Å². The Morgan fingerprint density at radius 3 is 2.38 bits per heavy atom. The maximum absolute atomic E-state index is 10.8. The molecule has 1 N–H and O–H groups in total. The van der Waals surface area contributed by atoms with Crippen molar-refractivity contribution in [3.8, 4) is 0 Å². The molecule has 1 heterocycles. The number of pyridine rings is 1. The van der Waals surface area contributed by atoms with Crippen molar-refractivity contribution in [2.75, 3.05) is 0 Å². The molecule has 3 heteroatoms. The van der Waals surface area contributed by atoms with Crippen LogP contribution in [0, 0.1) is 5.92 Å². The lowest BCUT2D eigenvalue weighted by Crippen LogP contribution is -2.22. The fourth-order valence-electron chi connectivity index (χ4n) is 0.992. The quantitative estimate of drug-likeness (QED) is 0.751. The van der Waals surface area contributed by atoms with Crippen molar-refractivity contribution in [2.24, 2.45) is 5.92 Å². The second kappa shape index (κ2) is 4.23. The minimum Gasteiger partial charge on any atom is -0.391 e. The highest BCUT2D eigenvalue weighted by atomic mass is 16.3. The van der Waals surface area contributed by atoms with E-state index < -0.39 is 0 Å². The highest BCUT2D eigenvalue weighted by Gasteiger charge is 2.08. The average Bonchev–Trinajstić information content (AvgIpc) is 2.08. The summed E-state index contributed by atoms with van der Waals surface area (Å²) in [6, 6.07) is 2.99. The maximum atomic E-state index is 10.8. The maximum Gasteiger partial charge on any atom is 0.181 e. The number of nitrogens with zero attached hydrogens (tertiary/aromatic N) is 1. The molecular weight excluding hydrogens is 166 g/mol. The topological polar surface area (TPSA) is 42.2 Å². The SMILES string of the molecule is CC(C)C(O)Cn1ccc(=O)cc1. The second-order valence-corrected chi connectivity index (χ2v) is 3.54. The van der Waals surface area contributed by atoms with Crippen LogP contribution >= 0.6 is 0 Å². The molecule has 0 aliphatic carbocycles. The number of hydrogen-bond acceptors (Lipinski definition) is 2. The van der Waals surface area contributed by atoms with E-state index in [1.54, 1.807) is 12.4 Å². The first kappa shape index (κ1) is 9.99. The Morgan fingerprint density at radius 2 is 1.92 bits per heavy atom. The summed E-state index contributed by atoms with van der Waals surface area (Å²) in [7, 11) is 0. The third-order valence-electron chi connectivity index (χ3n) is 2.03. The lowest BCUT2D eigenvalue weighted by molar-refractivity contribution is 0.107. The highest BCUT2D eigenvalue weighted by Crippen LogP contribution is 2.03. The van der Waals surface area contributed by atoms with Crippen molar-refractivity contribution in [1.29, 1.82) is 0 Å². The Balaban J connectivity index is 2.64. The van der Waals surface area contributed by atoms with Crippen LogP contribution in [0.25, 0.3) is 0 Å². The van der Waals surface area contributed by atoms with Gasteiger partial charge in [-0.25, -0.2) is 0 Å². The summed E-state index contributed by atoms with van der Waals surface area (Å²) in [6.07, 6.45) is 3.02. The van der Waals surface area contributed by atoms with Gasteiger partial charge < -0.3 is 9.67 Å². The van der Waals surface area contributed by atoms with Crippen LogP contribution in [0.3, 0.4) is 0 Å². The fraction of sp³-hybridized carbons (Fsp3) is 0.500. The molecule has 1 aromatic heterocycles. The third-order valence-corrected chi connectivity index (χ3v) is 2.03. The van der Waals surface area contributed by atoms with Crippen molar-refractivity contribution >= 4 is 0 Å². The normalized spacial score (nSPS) is 13.2. The smallest absolute Gasteiger partial charge is 0.181 e. The van der Waals surface area contributed by atoms with Gasteiger partial charge in [0.2, 0.25) is 0 Å². The Kier molecular flexibility index (Phi) is 3.25. The zero-order valence-electron chi connectivity index (χ0n) is 7.97. The molecule has 0 saturated heterocycles. The lowest BCUT2D eigenvalue weighted by Gasteiger charge is -2.15. The van der Waals surface area contributed by atoms with Gasteiger partial charge in [0.1, 0.15) is 0 Å². The van der Waals surface area contributed by atoms with Crippen LogP contribution in [-0.4, -0.2) is 15.8 Å². The molecule has 0 radical (unpaired) electrons. The molecule has 0 amide bonds. The minimum absolute atomic E-state index is 0.00436. The molecule has 1 rings (SSSR count). The van der Waals surface area contributed by atoms with E-state index in [-0.39, 0.29) is 17.5 Å². The number of aromatic nitrogens is 1. The van der Waals surface area contributed by atoms with Crippen molar-refractivity contribution in [1.82, 2.24) is 4.57 Å². The molecule has 0 aliphatic heterocycles. The molecule has 1 unspecified atom stereocenters. The molecule has 0 fully saturated rings. The zero-order chi connectivity index (χ0) is 9.84. The van der Waals surface area contributed by atoms with Gasteiger partial charge in [0, 0.05) is 31.1 Å². The first-order chi connectivity index (χ1) is 6.09. The Labute approximate surface area is 77.6 Å². The third kappa shape index (κ3) is 3.03. The largest absolute Gasteiger partial charge is 0.391 e. The summed E-state index contributed by atoms with van der Waals surface area (Å²) in [5.74, 6) is 0.236. The minimum atomic E-state index is -0.359. The van der Waals surface area contributed by atoms with Gasteiger partial charge in [-0.15, -0.1) is 0 Å². The van der Waals surface area contributed by atoms with Gasteiger partial charge in [0.15, 0.2) is 5.43 Å². The summed E-state index contributed by atoms with van der Waals surface area (Å²) in [5.41, 5.74) is -0.00436. The number of aliphatic hydroxyl groups is 1. The number of rotatable bonds is 3. The van der Waals surface area contributed by atoms with Crippen LogP contribution in [0.4, 0.5) is 0 Å². The van der Waals surface area contributed by atoms with Crippen molar-refractivity contribution in [3.63, 3.8) is 0 Å². The molecule has 0 saturated carbocycles. The van der Waals surface area contributed by atoms with Gasteiger partial charge in [-0.2, -0.15) is 0 Å². The predicted molar refractivity (Wildman–Crippen MR) is 51.5 cm³/mol. The first-order valence-corrected chi connectivity index (χ1v) is 4.44. The van der Waals surface area contributed by atoms with Crippen molar-refractivity contribution in [2.45, 2.75) is 26.5 Å². The molecule has 3 nitrogen and oxygen atoms in total. The lowest BCUT2D eigenvalue weighted by atomic mass is 10.1. The monoisotopic (exact) mass is 181 g/mol. The van der Waals surface area contributed by atoms with Crippen LogP contribution < -0.4 is 5.43 Å². The Bertz CT molecular complexity index is 296.